The van der Waals surface area contributed by atoms with Crippen molar-refractivity contribution in [1.29, 1.82) is 0 Å². The lowest BCUT2D eigenvalue weighted by molar-refractivity contribution is 0.102. The van der Waals surface area contributed by atoms with Gasteiger partial charge in [-0.1, -0.05) is 0 Å². The van der Waals surface area contributed by atoms with Crippen LogP contribution in [0.5, 0.6) is 0 Å². The Bertz CT molecular complexity index is 502. The van der Waals surface area contributed by atoms with E-state index in [-0.39, 0.29) is 11.7 Å². The molecule has 0 fully saturated rings. The van der Waals surface area contributed by atoms with Crippen LogP contribution in [-0.2, 0) is 0 Å². The molecular formula is C10H11N5O. The maximum absolute atomic E-state index is 11.7. The minimum atomic E-state index is -0.308. The van der Waals surface area contributed by atoms with E-state index in [1.807, 2.05) is 13.0 Å². The third-order valence-electron chi connectivity index (χ3n) is 2.08. The average molecular weight is 217 g/mol. The van der Waals surface area contributed by atoms with Crippen molar-refractivity contribution in [3.63, 3.8) is 0 Å². The molecule has 0 unspecified atom stereocenters. The summed E-state index contributed by atoms with van der Waals surface area (Å²) >= 11 is 0. The SMILES string of the molecule is Cc1ccc(NC(=O)c2cn[nH]c2N)cn1. The van der Waals surface area contributed by atoms with Crippen molar-refractivity contribution in [2.75, 3.05) is 11.1 Å². The number of pyridine rings is 1. The predicted octanol–water partition coefficient (Wildman–Crippen LogP) is 0.948. The maximum atomic E-state index is 11.7. The second kappa shape index (κ2) is 4.01. The van der Waals surface area contributed by atoms with Gasteiger partial charge in [0, 0.05) is 5.69 Å². The van der Waals surface area contributed by atoms with Gasteiger partial charge in [0.15, 0.2) is 0 Å². The number of nitrogens with one attached hydrogen (secondary N) is 2. The molecule has 0 saturated carbocycles. The monoisotopic (exact) mass is 217 g/mol. The number of carbonyl (C=O) groups is 1. The van der Waals surface area contributed by atoms with Crippen LogP contribution >= 0.6 is 0 Å². The van der Waals surface area contributed by atoms with E-state index in [1.54, 1.807) is 12.3 Å². The molecule has 0 radical (unpaired) electrons. The summed E-state index contributed by atoms with van der Waals surface area (Å²) in [6.07, 6.45) is 2.97. The molecule has 0 aliphatic carbocycles. The minimum absolute atomic E-state index is 0.248. The van der Waals surface area contributed by atoms with Gasteiger partial charge in [0.2, 0.25) is 0 Å². The van der Waals surface area contributed by atoms with Crippen LogP contribution in [0.4, 0.5) is 11.5 Å². The smallest absolute Gasteiger partial charge is 0.261 e. The van der Waals surface area contributed by atoms with Crippen LogP contribution in [0.1, 0.15) is 16.1 Å². The van der Waals surface area contributed by atoms with Crippen molar-refractivity contribution in [3.8, 4) is 0 Å². The topological polar surface area (TPSA) is 96.7 Å². The number of anilines is 2. The Morgan fingerprint density at radius 1 is 1.44 bits per heavy atom. The first kappa shape index (κ1) is 10.2. The number of nitrogens with two attached hydrogens (primary N) is 1. The van der Waals surface area contributed by atoms with Gasteiger partial charge in [-0.05, 0) is 19.1 Å². The highest BCUT2D eigenvalue weighted by molar-refractivity contribution is 6.06. The Hall–Kier alpha value is -2.37. The quantitative estimate of drug-likeness (QED) is 0.697. The second-order valence-corrected chi connectivity index (χ2v) is 3.34. The third kappa shape index (κ3) is 2.00. The molecular weight excluding hydrogens is 206 g/mol. The van der Waals surface area contributed by atoms with Gasteiger partial charge >= 0.3 is 0 Å². The van der Waals surface area contributed by atoms with Gasteiger partial charge in [-0.3, -0.25) is 14.9 Å². The largest absolute Gasteiger partial charge is 0.383 e. The highest BCUT2D eigenvalue weighted by Crippen LogP contribution is 2.11. The zero-order valence-corrected chi connectivity index (χ0v) is 8.69. The van der Waals surface area contributed by atoms with Crippen molar-refractivity contribution in [3.05, 3.63) is 35.8 Å². The summed E-state index contributed by atoms with van der Waals surface area (Å²) in [5.41, 5.74) is 7.36. The zero-order valence-electron chi connectivity index (χ0n) is 8.69. The van der Waals surface area contributed by atoms with Crippen LogP contribution in [0.15, 0.2) is 24.5 Å². The molecule has 4 N–H and O–H groups in total. The Morgan fingerprint density at radius 3 is 2.81 bits per heavy atom. The van der Waals surface area contributed by atoms with Crippen molar-refractivity contribution < 1.29 is 4.79 Å². The molecule has 0 aromatic carbocycles. The number of hydrogen-bond acceptors (Lipinski definition) is 4. The number of carbonyl (C=O) groups excluding carboxylic acids is 1. The summed E-state index contributed by atoms with van der Waals surface area (Å²) in [6.45, 7) is 1.87. The lowest BCUT2D eigenvalue weighted by Gasteiger charge is -2.03. The van der Waals surface area contributed by atoms with E-state index in [1.165, 1.54) is 6.20 Å². The van der Waals surface area contributed by atoms with E-state index in [0.29, 0.717) is 11.3 Å². The molecule has 6 heteroatoms. The van der Waals surface area contributed by atoms with Crippen LogP contribution in [0.25, 0.3) is 0 Å². The molecule has 2 heterocycles. The summed E-state index contributed by atoms with van der Waals surface area (Å²) in [5.74, 6) is -0.0607. The molecule has 0 bridgehead atoms. The van der Waals surface area contributed by atoms with Crippen LogP contribution < -0.4 is 11.1 Å². The fraction of sp³-hybridized carbons (Fsp3) is 0.100. The molecule has 0 spiro atoms. The van der Waals surface area contributed by atoms with Gasteiger partial charge < -0.3 is 11.1 Å². The summed E-state index contributed by atoms with van der Waals surface area (Å²) < 4.78 is 0. The Morgan fingerprint density at radius 2 is 2.25 bits per heavy atom. The number of aryl methyl sites for hydroxylation is 1. The van der Waals surface area contributed by atoms with Crippen LogP contribution in [0.3, 0.4) is 0 Å². The van der Waals surface area contributed by atoms with Gasteiger partial charge in [0.1, 0.15) is 11.4 Å². The standard InChI is InChI=1S/C10H11N5O/c1-6-2-3-7(4-12-6)14-10(16)8-5-13-15-9(8)11/h2-5H,1H3,(H,14,16)(H3,11,13,15). The van der Waals surface area contributed by atoms with Crippen molar-refractivity contribution in [2.24, 2.45) is 0 Å². The number of hydrogen-bond donors (Lipinski definition) is 3. The van der Waals surface area contributed by atoms with E-state index in [4.69, 9.17) is 5.73 Å². The first-order valence-corrected chi connectivity index (χ1v) is 4.69. The number of amides is 1. The van der Waals surface area contributed by atoms with Crippen molar-refractivity contribution in [1.82, 2.24) is 15.2 Å². The Balaban J connectivity index is 2.14. The minimum Gasteiger partial charge on any atom is -0.383 e. The number of nitrogen functional groups attached to an aromatic ring is 1. The van der Waals surface area contributed by atoms with E-state index >= 15 is 0 Å². The van der Waals surface area contributed by atoms with Crippen molar-refractivity contribution >= 4 is 17.4 Å². The second-order valence-electron chi connectivity index (χ2n) is 3.34. The third-order valence-corrected chi connectivity index (χ3v) is 2.08. The van der Waals surface area contributed by atoms with E-state index in [9.17, 15) is 4.79 Å². The molecule has 2 rings (SSSR count). The van der Waals surface area contributed by atoms with Gasteiger partial charge in [-0.2, -0.15) is 5.10 Å². The highest BCUT2D eigenvalue weighted by Gasteiger charge is 2.11. The van der Waals surface area contributed by atoms with Gasteiger partial charge in [-0.15, -0.1) is 0 Å². The first-order valence-electron chi connectivity index (χ1n) is 4.69. The fourth-order valence-corrected chi connectivity index (χ4v) is 1.22. The molecule has 16 heavy (non-hydrogen) atoms. The van der Waals surface area contributed by atoms with Gasteiger partial charge in [0.25, 0.3) is 5.91 Å². The molecule has 0 aliphatic rings. The fourth-order valence-electron chi connectivity index (χ4n) is 1.22. The number of aromatic amines is 1. The highest BCUT2D eigenvalue weighted by atomic mass is 16.1. The van der Waals surface area contributed by atoms with Crippen LogP contribution in [-0.4, -0.2) is 21.1 Å². The predicted molar refractivity (Wildman–Crippen MR) is 59.9 cm³/mol. The van der Waals surface area contributed by atoms with E-state index < -0.39 is 0 Å². The number of aromatic nitrogens is 3. The summed E-state index contributed by atoms with van der Waals surface area (Å²) in [7, 11) is 0. The van der Waals surface area contributed by atoms with E-state index in [2.05, 4.69) is 20.5 Å². The van der Waals surface area contributed by atoms with Crippen molar-refractivity contribution in [2.45, 2.75) is 6.92 Å². The number of H-pyrrole nitrogens is 1. The number of rotatable bonds is 2. The molecule has 82 valence electrons. The Labute approximate surface area is 91.9 Å². The van der Waals surface area contributed by atoms with E-state index in [0.717, 1.165) is 5.69 Å². The lowest BCUT2D eigenvalue weighted by atomic mass is 10.3. The lowest BCUT2D eigenvalue weighted by Crippen LogP contribution is -2.13. The molecule has 2 aromatic heterocycles. The number of nitrogens with zero attached hydrogens (tertiary/aromatic N) is 2. The summed E-state index contributed by atoms with van der Waals surface area (Å²) in [6, 6.07) is 3.59. The summed E-state index contributed by atoms with van der Waals surface area (Å²) in [4.78, 5) is 15.8. The van der Waals surface area contributed by atoms with Crippen LogP contribution in [0.2, 0.25) is 0 Å². The molecule has 0 saturated heterocycles. The molecule has 0 aliphatic heterocycles. The van der Waals surface area contributed by atoms with Gasteiger partial charge in [0.05, 0.1) is 18.1 Å². The first-order chi connectivity index (χ1) is 7.66. The zero-order chi connectivity index (χ0) is 11.5. The van der Waals surface area contributed by atoms with Gasteiger partial charge in [-0.25, -0.2) is 0 Å². The Kier molecular flexibility index (Phi) is 2.55. The molecule has 0 atom stereocenters. The average Bonchev–Trinajstić information content (AvgIpc) is 2.68. The van der Waals surface area contributed by atoms with Crippen LogP contribution in [0, 0.1) is 6.92 Å². The molecule has 1 amide bonds. The molecule has 6 nitrogen and oxygen atoms in total. The normalized spacial score (nSPS) is 10.1. The molecule has 2 aromatic rings. The summed E-state index contributed by atoms with van der Waals surface area (Å²) in [5, 5.41) is 8.84. The maximum Gasteiger partial charge on any atom is 0.261 e.